The molecule has 0 heterocycles. The molecule has 0 spiro atoms. The van der Waals surface area contributed by atoms with Crippen LogP contribution in [0.1, 0.15) is 25.7 Å². The van der Waals surface area contributed by atoms with Crippen molar-refractivity contribution in [3.63, 3.8) is 0 Å². The Bertz CT molecular complexity index is 136. The molecule has 0 atom stereocenters. The zero-order chi connectivity index (χ0) is 9.68. The number of halogens is 2. The fourth-order valence-corrected chi connectivity index (χ4v) is 1.73. The third-order valence-corrected chi connectivity index (χ3v) is 2.54. The third kappa shape index (κ3) is 4.00. The normalized spacial score (nSPS) is 29.5. The van der Waals surface area contributed by atoms with Gasteiger partial charge in [-0.1, -0.05) is 0 Å². The van der Waals surface area contributed by atoms with E-state index in [1.807, 2.05) is 7.05 Å². The van der Waals surface area contributed by atoms with Crippen molar-refractivity contribution in [3.8, 4) is 0 Å². The van der Waals surface area contributed by atoms with Gasteiger partial charge < -0.3 is 10.1 Å². The fraction of sp³-hybridized carbons (Fsp3) is 1.00. The molecule has 0 aromatic heterocycles. The van der Waals surface area contributed by atoms with Crippen molar-refractivity contribution < 1.29 is 13.5 Å². The highest BCUT2D eigenvalue weighted by atomic mass is 19.3. The molecule has 13 heavy (non-hydrogen) atoms. The topological polar surface area (TPSA) is 21.3 Å². The number of rotatable bonds is 4. The molecule has 0 unspecified atom stereocenters. The number of alkyl halides is 2. The first-order valence-corrected chi connectivity index (χ1v) is 4.79. The van der Waals surface area contributed by atoms with Gasteiger partial charge in [-0.25, -0.2) is 8.78 Å². The zero-order valence-electron chi connectivity index (χ0n) is 7.93. The lowest BCUT2D eigenvalue weighted by Gasteiger charge is -2.28. The van der Waals surface area contributed by atoms with Crippen molar-refractivity contribution in [1.29, 1.82) is 0 Å². The van der Waals surface area contributed by atoms with Crippen LogP contribution in [-0.2, 0) is 4.74 Å². The van der Waals surface area contributed by atoms with Crippen LogP contribution in [0.25, 0.3) is 0 Å². The molecule has 1 N–H and O–H groups in total. The van der Waals surface area contributed by atoms with E-state index < -0.39 is 13.0 Å². The van der Waals surface area contributed by atoms with E-state index in [1.54, 1.807) is 0 Å². The first-order chi connectivity index (χ1) is 6.22. The first-order valence-electron chi connectivity index (χ1n) is 4.79. The summed E-state index contributed by atoms with van der Waals surface area (Å²) in [5, 5.41) is 3.19. The predicted molar refractivity (Wildman–Crippen MR) is 47.1 cm³/mol. The van der Waals surface area contributed by atoms with E-state index >= 15 is 0 Å². The molecule has 1 aliphatic rings. The summed E-state index contributed by atoms with van der Waals surface area (Å²) in [5.74, 6) is 0. The van der Waals surface area contributed by atoms with Crippen molar-refractivity contribution >= 4 is 0 Å². The molecule has 2 nitrogen and oxygen atoms in total. The maximum absolute atomic E-state index is 11.8. The molecule has 0 aliphatic heterocycles. The van der Waals surface area contributed by atoms with E-state index in [0.29, 0.717) is 6.04 Å². The quantitative estimate of drug-likeness (QED) is 0.735. The number of hydrogen-bond donors (Lipinski definition) is 1. The van der Waals surface area contributed by atoms with Gasteiger partial charge in [-0.2, -0.15) is 0 Å². The van der Waals surface area contributed by atoms with E-state index in [2.05, 4.69) is 5.32 Å². The lowest BCUT2D eigenvalue weighted by Crippen LogP contribution is -2.33. The Hall–Kier alpha value is -0.220. The number of nitrogens with one attached hydrogen (secondary N) is 1. The molecule has 4 heteroatoms. The van der Waals surface area contributed by atoms with Crippen molar-refractivity contribution in [1.82, 2.24) is 5.32 Å². The molecule has 78 valence electrons. The van der Waals surface area contributed by atoms with E-state index in [-0.39, 0.29) is 6.10 Å². The summed E-state index contributed by atoms with van der Waals surface area (Å²) in [6.07, 6.45) is 1.59. The Labute approximate surface area is 77.6 Å². The van der Waals surface area contributed by atoms with E-state index in [9.17, 15) is 8.78 Å². The van der Waals surface area contributed by atoms with Crippen molar-refractivity contribution in [2.45, 2.75) is 44.3 Å². The zero-order valence-corrected chi connectivity index (χ0v) is 7.93. The summed E-state index contributed by atoms with van der Waals surface area (Å²) in [7, 11) is 1.94. The molecule has 0 bridgehead atoms. The van der Waals surface area contributed by atoms with Gasteiger partial charge in [-0.05, 0) is 32.7 Å². The molecule has 0 saturated heterocycles. The SMILES string of the molecule is CNC1CCC(OCC(F)F)CC1. The monoisotopic (exact) mass is 193 g/mol. The first kappa shape index (κ1) is 10.9. The average Bonchev–Trinajstić information content (AvgIpc) is 2.15. The van der Waals surface area contributed by atoms with Gasteiger partial charge in [0.2, 0.25) is 0 Å². The van der Waals surface area contributed by atoms with Crippen LogP contribution in [0.5, 0.6) is 0 Å². The van der Waals surface area contributed by atoms with Gasteiger partial charge in [-0.3, -0.25) is 0 Å². The Morgan fingerprint density at radius 3 is 2.38 bits per heavy atom. The van der Waals surface area contributed by atoms with Gasteiger partial charge >= 0.3 is 0 Å². The van der Waals surface area contributed by atoms with Crippen LogP contribution >= 0.6 is 0 Å². The summed E-state index contributed by atoms with van der Waals surface area (Å²) in [6.45, 7) is -0.408. The highest BCUT2D eigenvalue weighted by Gasteiger charge is 2.21. The predicted octanol–water partition coefficient (Wildman–Crippen LogP) is 1.80. The maximum Gasteiger partial charge on any atom is 0.261 e. The molecular formula is C9H17F2NO. The van der Waals surface area contributed by atoms with Gasteiger partial charge in [0.05, 0.1) is 6.10 Å². The summed E-state index contributed by atoms with van der Waals surface area (Å²) in [4.78, 5) is 0. The lowest BCUT2D eigenvalue weighted by molar-refractivity contribution is -0.0390. The Morgan fingerprint density at radius 1 is 1.31 bits per heavy atom. The Balaban J connectivity index is 2.10. The van der Waals surface area contributed by atoms with Crippen LogP contribution in [0.3, 0.4) is 0 Å². The molecular weight excluding hydrogens is 176 g/mol. The van der Waals surface area contributed by atoms with Crippen molar-refractivity contribution in [2.24, 2.45) is 0 Å². The van der Waals surface area contributed by atoms with Gasteiger partial charge in [-0.15, -0.1) is 0 Å². The summed E-state index contributed by atoms with van der Waals surface area (Å²) in [6, 6.07) is 0.548. The molecule has 0 aromatic carbocycles. The number of hydrogen-bond acceptors (Lipinski definition) is 2. The highest BCUT2D eigenvalue weighted by Crippen LogP contribution is 2.21. The summed E-state index contributed by atoms with van der Waals surface area (Å²) in [5.41, 5.74) is 0. The smallest absolute Gasteiger partial charge is 0.261 e. The lowest BCUT2D eigenvalue weighted by atomic mass is 9.93. The van der Waals surface area contributed by atoms with Gasteiger partial charge in [0, 0.05) is 6.04 Å². The second-order valence-corrected chi connectivity index (χ2v) is 3.49. The van der Waals surface area contributed by atoms with E-state index in [1.165, 1.54) is 0 Å². The summed E-state index contributed by atoms with van der Waals surface area (Å²) < 4.78 is 28.6. The third-order valence-electron chi connectivity index (χ3n) is 2.54. The fourth-order valence-electron chi connectivity index (χ4n) is 1.73. The average molecular weight is 193 g/mol. The van der Waals surface area contributed by atoms with E-state index in [4.69, 9.17) is 4.74 Å². The highest BCUT2D eigenvalue weighted by molar-refractivity contribution is 4.76. The molecule has 1 fully saturated rings. The van der Waals surface area contributed by atoms with Crippen LogP contribution in [0.15, 0.2) is 0 Å². The van der Waals surface area contributed by atoms with Gasteiger partial charge in [0.1, 0.15) is 6.61 Å². The Morgan fingerprint density at radius 2 is 1.92 bits per heavy atom. The minimum Gasteiger partial charge on any atom is -0.372 e. The van der Waals surface area contributed by atoms with Gasteiger partial charge in [0.25, 0.3) is 6.43 Å². The second-order valence-electron chi connectivity index (χ2n) is 3.49. The molecule has 0 amide bonds. The van der Waals surface area contributed by atoms with E-state index in [0.717, 1.165) is 25.7 Å². The minimum atomic E-state index is -2.33. The van der Waals surface area contributed by atoms with Crippen LogP contribution in [0.2, 0.25) is 0 Å². The van der Waals surface area contributed by atoms with Crippen LogP contribution in [0, 0.1) is 0 Å². The molecule has 1 rings (SSSR count). The minimum absolute atomic E-state index is 0.0543. The van der Waals surface area contributed by atoms with Gasteiger partial charge in [0.15, 0.2) is 0 Å². The van der Waals surface area contributed by atoms with Crippen molar-refractivity contribution in [3.05, 3.63) is 0 Å². The molecule has 1 aliphatic carbocycles. The molecule has 0 radical (unpaired) electrons. The Kier molecular flexibility index (Phi) is 4.59. The molecule has 1 saturated carbocycles. The second kappa shape index (κ2) is 5.50. The number of ether oxygens (including phenoxy) is 1. The van der Waals surface area contributed by atoms with Crippen LogP contribution in [0.4, 0.5) is 8.78 Å². The van der Waals surface area contributed by atoms with Crippen LogP contribution < -0.4 is 5.32 Å². The standard InChI is InChI=1S/C9H17F2NO/c1-12-7-2-4-8(5-3-7)13-6-9(10)11/h7-9,12H,2-6H2,1H3. The molecule has 0 aromatic rings. The maximum atomic E-state index is 11.8. The largest absolute Gasteiger partial charge is 0.372 e. The van der Waals surface area contributed by atoms with Crippen molar-refractivity contribution in [2.75, 3.05) is 13.7 Å². The van der Waals surface area contributed by atoms with Crippen LogP contribution in [-0.4, -0.2) is 32.2 Å². The summed E-state index contributed by atoms with van der Waals surface area (Å²) >= 11 is 0.